The van der Waals surface area contributed by atoms with Crippen molar-refractivity contribution in [1.82, 2.24) is 10.2 Å². The number of carbonyl (C=O) groups excluding carboxylic acids is 1. The maximum absolute atomic E-state index is 13.3. The summed E-state index contributed by atoms with van der Waals surface area (Å²) in [6.07, 6.45) is -1.04. The number of amides is 2. The molecule has 0 radical (unpaired) electrons. The summed E-state index contributed by atoms with van der Waals surface area (Å²) in [4.78, 5) is 28.3. The van der Waals surface area contributed by atoms with Gasteiger partial charge in [-0.3, -0.25) is 4.79 Å². The second kappa shape index (κ2) is 9.38. The number of nitrogens with zero attached hydrogens (tertiary/aromatic N) is 1. The first-order chi connectivity index (χ1) is 13.5. The van der Waals surface area contributed by atoms with Crippen LogP contribution in [0, 0.1) is 0 Å². The smallest absolute Gasteiger partial charge is 0.405 e. The molecule has 2 aromatic heterocycles. The largest absolute Gasteiger partial charge is 0.508 e. The van der Waals surface area contributed by atoms with Crippen LogP contribution in [-0.4, -0.2) is 33.2 Å². The Morgan fingerprint density at radius 3 is 2.00 bits per heavy atom. The van der Waals surface area contributed by atoms with E-state index in [9.17, 15) is 19.8 Å². The number of phenolic OH excluding ortho intramolecular Hbond substituents is 1. The Bertz CT molecular complexity index is 857. The molecule has 3 N–H and O–H groups in total. The molecule has 1 atom stereocenters. The molecule has 0 aliphatic heterocycles. The first-order valence-electron chi connectivity index (χ1n) is 8.62. The molecule has 0 fully saturated rings. The highest BCUT2D eigenvalue weighted by Gasteiger charge is 2.27. The fourth-order valence-corrected chi connectivity index (χ4v) is 4.27. The van der Waals surface area contributed by atoms with Gasteiger partial charge in [0.1, 0.15) is 11.8 Å². The van der Waals surface area contributed by atoms with Crippen molar-refractivity contribution in [2.24, 2.45) is 0 Å². The van der Waals surface area contributed by atoms with E-state index in [1.165, 1.54) is 12.1 Å². The monoisotopic (exact) mass is 416 g/mol. The third-order valence-electron chi connectivity index (χ3n) is 4.14. The van der Waals surface area contributed by atoms with Gasteiger partial charge in [0, 0.05) is 16.2 Å². The van der Waals surface area contributed by atoms with E-state index in [-0.39, 0.29) is 18.1 Å². The average Bonchev–Trinajstić information content (AvgIpc) is 3.35. The van der Waals surface area contributed by atoms with Crippen LogP contribution in [0.4, 0.5) is 4.79 Å². The second-order valence-corrected chi connectivity index (χ2v) is 8.29. The average molecular weight is 417 g/mol. The molecule has 146 valence electrons. The molecular weight excluding hydrogens is 396 g/mol. The first kappa shape index (κ1) is 19.9. The molecule has 1 unspecified atom stereocenters. The molecule has 0 saturated carbocycles. The van der Waals surface area contributed by atoms with Crippen LogP contribution in [0.2, 0.25) is 0 Å². The molecule has 1 aromatic carbocycles. The molecule has 6 nitrogen and oxygen atoms in total. The highest BCUT2D eigenvalue weighted by atomic mass is 32.1. The fourth-order valence-electron chi connectivity index (χ4n) is 2.83. The van der Waals surface area contributed by atoms with Crippen LogP contribution in [0.3, 0.4) is 0 Å². The molecule has 0 saturated heterocycles. The van der Waals surface area contributed by atoms with Crippen molar-refractivity contribution in [3.63, 3.8) is 0 Å². The van der Waals surface area contributed by atoms with Gasteiger partial charge in [-0.15, -0.1) is 22.7 Å². The number of phenols is 1. The molecule has 8 heteroatoms. The van der Waals surface area contributed by atoms with Crippen molar-refractivity contribution in [1.29, 1.82) is 0 Å². The number of rotatable bonds is 8. The lowest BCUT2D eigenvalue weighted by atomic mass is 10.0. The molecule has 0 spiro atoms. The van der Waals surface area contributed by atoms with Crippen LogP contribution in [0.25, 0.3) is 0 Å². The summed E-state index contributed by atoms with van der Waals surface area (Å²) in [5.41, 5.74) is 0.761. The molecule has 28 heavy (non-hydrogen) atoms. The summed E-state index contributed by atoms with van der Waals surface area (Å²) in [7, 11) is 0. The van der Waals surface area contributed by atoms with E-state index in [0.29, 0.717) is 13.1 Å². The number of aromatic hydroxyl groups is 1. The van der Waals surface area contributed by atoms with E-state index in [1.54, 1.807) is 39.7 Å². The zero-order valence-corrected chi connectivity index (χ0v) is 16.6. The summed E-state index contributed by atoms with van der Waals surface area (Å²) in [6.45, 7) is 0.837. The number of carbonyl (C=O) groups is 2. The Kier molecular flexibility index (Phi) is 6.67. The highest BCUT2D eigenvalue weighted by Crippen LogP contribution is 2.19. The Morgan fingerprint density at radius 1 is 0.964 bits per heavy atom. The van der Waals surface area contributed by atoms with Crippen molar-refractivity contribution in [2.75, 3.05) is 0 Å². The lowest BCUT2D eigenvalue weighted by Gasteiger charge is -2.27. The lowest BCUT2D eigenvalue weighted by Crippen LogP contribution is -2.48. The minimum Gasteiger partial charge on any atom is -0.508 e. The minimum absolute atomic E-state index is 0.120. The zero-order valence-electron chi connectivity index (χ0n) is 14.9. The maximum atomic E-state index is 13.3. The summed E-state index contributed by atoms with van der Waals surface area (Å²) >= 11 is 3.11. The van der Waals surface area contributed by atoms with Crippen molar-refractivity contribution < 1.29 is 19.8 Å². The molecule has 0 aliphatic carbocycles. The Morgan fingerprint density at radius 2 is 1.54 bits per heavy atom. The fraction of sp³-hybridized carbons (Fsp3) is 0.200. The predicted molar refractivity (Wildman–Crippen MR) is 110 cm³/mol. The van der Waals surface area contributed by atoms with Gasteiger partial charge in [-0.1, -0.05) is 24.3 Å². The maximum Gasteiger partial charge on any atom is 0.405 e. The van der Waals surface area contributed by atoms with Crippen molar-refractivity contribution >= 4 is 34.7 Å². The van der Waals surface area contributed by atoms with Gasteiger partial charge < -0.3 is 20.4 Å². The van der Waals surface area contributed by atoms with Gasteiger partial charge in [-0.2, -0.15) is 0 Å². The third-order valence-corrected chi connectivity index (χ3v) is 5.86. The van der Waals surface area contributed by atoms with Crippen LogP contribution in [0.5, 0.6) is 5.75 Å². The topological polar surface area (TPSA) is 89.9 Å². The molecule has 3 rings (SSSR count). The van der Waals surface area contributed by atoms with Gasteiger partial charge in [0.05, 0.1) is 13.1 Å². The SMILES string of the molecule is O=C(O)NC(Cc1ccc(O)cc1)C(=O)N(Cc1cccs1)Cc1cccs1. The third kappa shape index (κ3) is 5.58. The van der Waals surface area contributed by atoms with Gasteiger partial charge in [-0.05, 0) is 40.6 Å². The quantitative estimate of drug-likeness (QED) is 0.519. The van der Waals surface area contributed by atoms with Crippen molar-refractivity contribution in [3.05, 3.63) is 74.6 Å². The molecular formula is C20H20N2O4S2. The molecule has 2 amide bonds. The highest BCUT2D eigenvalue weighted by molar-refractivity contribution is 7.10. The van der Waals surface area contributed by atoms with E-state index in [1.807, 2.05) is 35.0 Å². The van der Waals surface area contributed by atoms with Crippen LogP contribution in [-0.2, 0) is 24.3 Å². The number of hydrogen-bond donors (Lipinski definition) is 3. The van der Waals surface area contributed by atoms with E-state index < -0.39 is 12.1 Å². The Balaban J connectivity index is 1.82. The van der Waals surface area contributed by atoms with Gasteiger partial charge in [0.15, 0.2) is 0 Å². The van der Waals surface area contributed by atoms with Crippen molar-refractivity contribution in [2.45, 2.75) is 25.6 Å². The molecule has 2 heterocycles. The van der Waals surface area contributed by atoms with Crippen LogP contribution in [0.15, 0.2) is 59.3 Å². The van der Waals surface area contributed by atoms with Gasteiger partial charge in [0.2, 0.25) is 5.91 Å². The second-order valence-electron chi connectivity index (χ2n) is 6.23. The Labute approximate surface area is 170 Å². The summed E-state index contributed by atoms with van der Waals surface area (Å²) in [6, 6.07) is 13.3. The van der Waals surface area contributed by atoms with Crippen LogP contribution >= 0.6 is 22.7 Å². The number of thiophene rings is 2. The summed E-state index contributed by atoms with van der Waals surface area (Å²) in [5, 5.41) is 24.9. The van der Waals surface area contributed by atoms with Gasteiger partial charge in [-0.25, -0.2) is 4.79 Å². The van der Waals surface area contributed by atoms with Gasteiger partial charge >= 0.3 is 6.09 Å². The number of nitrogens with one attached hydrogen (secondary N) is 1. The molecule has 0 aliphatic rings. The molecule has 3 aromatic rings. The zero-order chi connectivity index (χ0) is 19.9. The lowest BCUT2D eigenvalue weighted by molar-refractivity contribution is -0.134. The standard InChI is InChI=1S/C20H20N2O4S2/c23-15-7-5-14(6-8-15)11-18(21-20(25)26)19(24)22(12-16-3-1-9-27-16)13-17-4-2-10-28-17/h1-10,18,21,23H,11-13H2,(H,25,26). The normalized spacial score (nSPS) is 11.7. The first-order valence-corrected chi connectivity index (χ1v) is 10.4. The number of carboxylic acid groups (broad SMARTS) is 1. The van der Waals surface area contributed by atoms with E-state index in [4.69, 9.17) is 0 Å². The van der Waals surface area contributed by atoms with Crippen LogP contribution in [0.1, 0.15) is 15.3 Å². The predicted octanol–water partition coefficient (Wildman–Crippen LogP) is 3.92. The van der Waals surface area contributed by atoms with E-state index >= 15 is 0 Å². The van der Waals surface area contributed by atoms with E-state index in [2.05, 4.69) is 5.32 Å². The minimum atomic E-state index is -1.25. The van der Waals surface area contributed by atoms with Crippen LogP contribution < -0.4 is 5.32 Å². The molecule has 0 bridgehead atoms. The Hall–Kier alpha value is -2.84. The van der Waals surface area contributed by atoms with Crippen molar-refractivity contribution in [3.8, 4) is 5.75 Å². The van der Waals surface area contributed by atoms with Gasteiger partial charge in [0.25, 0.3) is 0 Å². The number of hydrogen-bond acceptors (Lipinski definition) is 5. The van der Waals surface area contributed by atoms with E-state index in [0.717, 1.165) is 15.3 Å². The summed E-state index contributed by atoms with van der Waals surface area (Å²) in [5.74, 6) is -0.160. The summed E-state index contributed by atoms with van der Waals surface area (Å²) < 4.78 is 0. The number of benzene rings is 1.